The van der Waals surface area contributed by atoms with Crippen LogP contribution in [0.5, 0.6) is 0 Å². The van der Waals surface area contributed by atoms with Gasteiger partial charge in [0.2, 0.25) is 0 Å². The molecule has 0 aromatic rings. The van der Waals surface area contributed by atoms with E-state index in [0.717, 1.165) is 31.6 Å². The van der Waals surface area contributed by atoms with E-state index in [2.05, 4.69) is 39.9 Å². The maximum absolute atomic E-state index is 5.69. The number of nitrogens with one attached hydrogen (secondary N) is 1. The Kier molecular flexibility index (Phi) is 7.38. The summed E-state index contributed by atoms with van der Waals surface area (Å²) in [5.41, 5.74) is 0.427. The lowest BCUT2D eigenvalue weighted by atomic mass is 9.69. The summed E-state index contributed by atoms with van der Waals surface area (Å²) < 4.78 is 5.69. The molecule has 0 aromatic carbocycles. The van der Waals surface area contributed by atoms with E-state index in [9.17, 15) is 0 Å². The molecule has 1 aliphatic rings. The van der Waals surface area contributed by atoms with Crippen molar-refractivity contribution in [3.8, 4) is 0 Å². The van der Waals surface area contributed by atoms with Gasteiger partial charge in [0.05, 0.1) is 6.61 Å². The monoisotopic (exact) mass is 269 g/mol. The molecule has 1 N–H and O–H groups in total. The van der Waals surface area contributed by atoms with Crippen LogP contribution in [0.4, 0.5) is 0 Å². The summed E-state index contributed by atoms with van der Waals surface area (Å²) in [6.07, 6.45) is 6.70. The molecule has 1 fully saturated rings. The molecule has 0 amide bonds. The average molecular weight is 269 g/mol. The molecule has 0 heterocycles. The lowest BCUT2D eigenvalue weighted by molar-refractivity contribution is 0.100. The van der Waals surface area contributed by atoms with E-state index in [-0.39, 0.29) is 0 Å². The third kappa shape index (κ3) is 6.76. The standard InChI is InChI=1S/C17H35NO/c1-14(2)10-12-19-13-11-18-16-9-7-6-8-15(16)17(3,4)5/h14-16,18H,6-13H2,1-5H3. The molecule has 2 nitrogen and oxygen atoms in total. The summed E-state index contributed by atoms with van der Waals surface area (Å²) in [5.74, 6) is 1.56. The minimum atomic E-state index is 0.427. The molecule has 1 saturated carbocycles. The van der Waals surface area contributed by atoms with Gasteiger partial charge < -0.3 is 10.1 Å². The molecule has 2 heteroatoms. The maximum atomic E-state index is 5.69. The molecule has 1 aliphatic carbocycles. The molecule has 0 spiro atoms. The van der Waals surface area contributed by atoms with Crippen LogP contribution in [-0.2, 0) is 4.74 Å². The molecule has 0 aliphatic heterocycles. The summed E-state index contributed by atoms with van der Waals surface area (Å²) in [4.78, 5) is 0. The van der Waals surface area contributed by atoms with Crippen LogP contribution in [0.25, 0.3) is 0 Å². The van der Waals surface area contributed by atoms with Crippen molar-refractivity contribution in [2.45, 2.75) is 72.8 Å². The van der Waals surface area contributed by atoms with E-state index in [1.165, 1.54) is 32.1 Å². The third-order valence-corrected chi connectivity index (χ3v) is 4.37. The molecule has 2 atom stereocenters. The highest BCUT2D eigenvalue weighted by atomic mass is 16.5. The van der Waals surface area contributed by atoms with Crippen molar-refractivity contribution in [2.75, 3.05) is 19.8 Å². The summed E-state index contributed by atoms with van der Waals surface area (Å²) >= 11 is 0. The van der Waals surface area contributed by atoms with Gasteiger partial charge in [0, 0.05) is 19.2 Å². The predicted molar refractivity (Wildman–Crippen MR) is 83.5 cm³/mol. The van der Waals surface area contributed by atoms with Gasteiger partial charge in [-0.15, -0.1) is 0 Å². The Bertz CT molecular complexity index is 232. The van der Waals surface area contributed by atoms with Crippen molar-refractivity contribution in [1.82, 2.24) is 5.32 Å². The second-order valence-corrected chi connectivity index (χ2v) is 7.61. The fourth-order valence-electron chi connectivity index (χ4n) is 3.15. The van der Waals surface area contributed by atoms with Crippen LogP contribution in [0.2, 0.25) is 0 Å². The van der Waals surface area contributed by atoms with Gasteiger partial charge in [-0.2, -0.15) is 0 Å². The molecule has 114 valence electrons. The van der Waals surface area contributed by atoms with Crippen LogP contribution in [0, 0.1) is 17.3 Å². The first-order chi connectivity index (χ1) is 8.91. The van der Waals surface area contributed by atoms with Gasteiger partial charge in [0.25, 0.3) is 0 Å². The van der Waals surface area contributed by atoms with Crippen molar-refractivity contribution >= 4 is 0 Å². The number of hydrogen-bond acceptors (Lipinski definition) is 2. The molecule has 0 bridgehead atoms. The number of ether oxygens (including phenoxy) is 1. The first kappa shape index (κ1) is 17.0. The summed E-state index contributed by atoms with van der Waals surface area (Å²) in [5, 5.41) is 3.74. The molecule has 0 radical (unpaired) electrons. The van der Waals surface area contributed by atoms with Gasteiger partial charge in [-0.05, 0) is 36.5 Å². The van der Waals surface area contributed by atoms with E-state index < -0.39 is 0 Å². The van der Waals surface area contributed by atoms with Gasteiger partial charge in [-0.1, -0.05) is 47.5 Å². The first-order valence-corrected chi connectivity index (χ1v) is 8.22. The first-order valence-electron chi connectivity index (χ1n) is 8.22. The molecule has 0 saturated heterocycles. The van der Waals surface area contributed by atoms with Crippen LogP contribution in [0.3, 0.4) is 0 Å². The maximum Gasteiger partial charge on any atom is 0.0591 e. The Morgan fingerprint density at radius 2 is 1.79 bits per heavy atom. The Morgan fingerprint density at radius 3 is 2.42 bits per heavy atom. The van der Waals surface area contributed by atoms with Gasteiger partial charge >= 0.3 is 0 Å². The zero-order valence-corrected chi connectivity index (χ0v) is 13.8. The number of hydrogen-bond donors (Lipinski definition) is 1. The largest absolute Gasteiger partial charge is 0.380 e. The van der Waals surface area contributed by atoms with Gasteiger partial charge in [-0.25, -0.2) is 0 Å². The summed E-state index contributed by atoms with van der Waals surface area (Å²) in [7, 11) is 0. The lowest BCUT2D eigenvalue weighted by Crippen LogP contribution is -2.45. The van der Waals surface area contributed by atoms with Crippen LogP contribution in [-0.4, -0.2) is 25.8 Å². The smallest absolute Gasteiger partial charge is 0.0591 e. The highest BCUT2D eigenvalue weighted by molar-refractivity contribution is 4.88. The third-order valence-electron chi connectivity index (χ3n) is 4.37. The van der Waals surface area contributed by atoms with Crippen LogP contribution in [0.1, 0.15) is 66.7 Å². The molecular weight excluding hydrogens is 234 g/mol. The average Bonchev–Trinajstić information content (AvgIpc) is 2.32. The predicted octanol–water partition coefficient (Wildman–Crippen LogP) is 4.24. The zero-order chi connectivity index (χ0) is 14.3. The highest BCUT2D eigenvalue weighted by Crippen LogP contribution is 2.37. The molecule has 0 aromatic heterocycles. The quantitative estimate of drug-likeness (QED) is 0.698. The molecule has 1 rings (SSSR count). The second-order valence-electron chi connectivity index (χ2n) is 7.61. The zero-order valence-electron chi connectivity index (χ0n) is 13.8. The van der Waals surface area contributed by atoms with Gasteiger partial charge in [0.1, 0.15) is 0 Å². The summed E-state index contributed by atoms with van der Waals surface area (Å²) in [6.45, 7) is 14.4. The Morgan fingerprint density at radius 1 is 1.11 bits per heavy atom. The Balaban J connectivity index is 2.19. The topological polar surface area (TPSA) is 21.3 Å². The second kappa shape index (κ2) is 8.26. The Hall–Kier alpha value is -0.0800. The fraction of sp³-hybridized carbons (Fsp3) is 1.00. The lowest BCUT2D eigenvalue weighted by Gasteiger charge is -2.41. The van der Waals surface area contributed by atoms with Gasteiger partial charge in [0.15, 0.2) is 0 Å². The minimum absolute atomic E-state index is 0.427. The van der Waals surface area contributed by atoms with E-state index >= 15 is 0 Å². The van der Waals surface area contributed by atoms with Crippen LogP contribution in [0.15, 0.2) is 0 Å². The van der Waals surface area contributed by atoms with Crippen LogP contribution >= 0.6 is 0 Å². The van der Waals surface area contributed by atoms with Crippen molar-refractivity contribution in [3.05, 3.63) is 0 Å². The molecule has 2 unspecified atom stereocenters. The Labute approximate surface area is 120 Å². The van der Waals surface area contributed by atoms with Crippen molar-refractivity contribution in [2.24, 2.45) is 17.3 Å². The van der Waals surface area contributed by atoms with E-state index in [4.69, 9.17) is 4.74 Å². The van der Waals surface area contributed by atoms with E-state index in [0.29, 0.717) is 11.5 Å². The van der Waals surface area contributed by atoms with Gasteiger partial charge in [-0.3, -0.25) is 0 Å². The highest BCUT2D eigenvalue weighted by Gasteiger charge is 2.33. The van der Waals surface area contributed by atoms with Crippen LogP contribution < -0.4 is 5.32 Å². The normalized spacial score (nSPS) is 24.9. The van der Waals surface area contributed by atoms with Crippen molar-refractivity contribution in [3.63, 3.8) is 0 Å². The van der Waals surface area contributed by atoms with Crippen molar-refractivity contribution < 1.29 is 4.74 Å². The minimum Gasteiger partial charge on any atom is -0.380 e. The van der Waals surface area contributed by atoms with E-state index in [1.807, 2.05) is 0 Å². The van der Waals surface area contributed by atoms with E-state index in [1.54, 1.807) is 0 Å². The number of rotatable bonds is 7. The SMILES string of the molecule is CC(C)CCOCCNC1CCCCC1C(C)(C)C. The fourth-order valence-corrected chi connectivity index (χ4v) is 3.15. The summed E-state index contributed by atoms with van der Waals surface area (Å²) in [6, 6.07) is 0.697. The molecular formula is C17H35NO. The van der Waals surface area contributed by atoms with Crippen molar-refractivity contribution in [1.29, 1.82) is 0 Å². The molecule has 19 heavy (non-hydrogen) atoms.